The third kappa shape index (κ3) is 5.80. The third-order valence-corrected chi connectivity index (χ3v) is 3.59. The summed E-state index contributed by atoms with van der Waals surface area (Å²) >= 11 is 0. The largest absolute Gasteiger partial charge is 0.483 e. The van der Waals surface area contributed by atoms with Crippen LogP contribution in [0.25, 0.3) is 6.08 Å². The molecule has 2 amide bonds. The average Bonchev–Trinajstić information content (AvgIpc) is 2.59. The molecule has 5 nitrogen and oxygen atoms in total. The Morgan fingerprint density at radius 2 is 1.60 bits per heavy atom. The highest BCUT2D eigenvalue weighted by molar-refractivity contribution is 5.93. The van der Waals surface area contributed by atoms with Crippen LogP contribution >= 0.6 is 0 Å². The molecule has 0 saturated carbocycles. The minimum absolute atomic E-state index is 0.173. The van der Waals surface area contributed by atoms with E-state index >= 15 is 0 Å². The fraction of sp³-hybridized carbons (Fsp3) is 0.200. The summed E-state index contributed by atoms with van der Waals surface area (Å²) in [7, 11) is 0. The maximum absolute atomic E-state index is 11.8. The maximum Gasteiger partial charge on any atom is 0.276 e. The third-order valence-electron chi connectivity index (χ3n) is 3.59. The van der Waals surface area contributed by atoms with Crippen molar-refractivity contribution in [1.29, 1.82) is 0 Å². The number of hydrazine groups is 1. The zero-order chi connectivity index (χ0) is 18.2. The van der Waals surface area contributed by atoms with Crippen LogP contribution in [0, 0.1) is 20.8 Å². The van der Waals surface area contributed by atoms with Gasteiger partial charge in [0, 0.05) is 6.08 Å². The van der Waals surface area contributed by atoms with Gasteiger partial charge in [0.05, 0.1) is 0 Å². The van der Waals surface area contributed by atoms with Crippen molar-refractivity contribution < 1.29 is 14.3 Å². The van der Waals surface area contributed by atoms with Crippen molar-refractivity contribution in [2.75, 3.05) is 6.61 Å². The lowest BCUT2D eigenvalue weighted by molar-refractivity contribution is -0.128. The summed E-state index contributed by atoms with van der Waals surface area (Å²) < 4.78 is 5.52. The Labute approximate surface area is 147 Å². The summed E-state index contributed by atoms with van der Waals surface area (Å²) in [6.07, 6.45) is 3.03. The molecule has 0 radical (unpaired) electrons. The molecule has 0 bridgehead atoms. The first-order chi connectivity index (χ1) is 12.0. The summed E-state index contributed by atoms with van der Waals surface area (Å²) in [5, 5.41) is 0. The molecule has 25 heavy (non-hydrogen) atoms. The van der Waals surface area contributed by atoms with E-state index in [0.717, 1.165) is 22.3 Å². The van der Waals surface area contributed by atoms with Gasteiger partial charge in [-0.2, -0.15) is 0 Å². The number of rotatable bonds is 5. The number of hydrogen-bond donors (Lipinski definition) is 2. The summed E-state index contributed by atoms with van der Waals surface area (Å²) in [6, 6.07) is 13.5. The van der Waals surface area contributed by atoms with Gasteiger partial charge in [0.15, 0.2) is 6.61 Å². The van der Waals surface area contributed by atoms with E-state index in [-0.39, 0.29) is 6.61 Å². The van der Waals surface area contributed by atoms with Crippen LogP contribution in [-0.2, 0) is 9.59 Å². The molecule has 2 aromatic rings. The Bertz CT molecular complexity index is 760. The van der Waals surface area contributed by atoms with E-state index in [2.05, 4.69) is 10.9 Å². The molecule has 0 aliphatic heterocycles. The molecule has 0 fully saturated rings. The van der Waals surface area contributed by atoms with E-state index in [4.69, 9.17) is 4.74 Å². The van der Waals surface area contributed by atoms with Crippen molar-refractivity contribution in [3.63, 3.8) is 0 Å². The van der Waals surface area contributed by atoms with Crippen molar-refractivity contribution in [3.05, 3.63) is 70.8 Å². The van der Waals surface area contributed by atoms with Gasteiger partial charge in [0.2, 0.25) is 0 Å². The number of para-hydroxylation sites is 1. The van der Waals surface area contributed by atoms with Gasteiger partial charge >= 0.3 is 0 Å². The van der Waals surface area contributed by atoms with E-state index in [1.54, 1.807) is 6.08 Å². The van der Waals surface area contributed by atoms with Crippen LogP contribution in [0.5, 0.6) is 5.75 Å². The minimum atomic E-state index is -0.431. The summed E-state index contributed by atoms with van der Waals surface area (Å²) in [5.41, 5.74) is 8.62. The molecule has 2 N–H and O–H groups in total. The first kappa shape index (κ1) is 18.3. The van der Waals surface area contributed by atoms with Gasteiger partial charge in [-0.3, -0.25) is 20.4 Å². The van der Waals surface area contributed by atoms with Gasteiger partial charge in [0.25, 0.3) is 11.8 Å². The smallest absolute Gasteiger partial charge is 0.276 e. The van der Waals surface area contributed by atoms with Crippen LogP contribution in [0.1, 0.15) is 22.3 Å². The van der Waals surface area contributed by atoms with Crippen LogP contribution in [0.4, 0.5) is 0 Å². The lowest BCUT2D eigenvalue weighted by atomic mass is 10.1. The van der Waals surface area contributed by atoms with Crippen molar-refractivity contribution in [2.45, 2.75) is 20.8 Å². The number of nitrogens with one attached hydrogen (secondary N) is 2. The quantitative estimate of drug-likeness (QED) is 0.651. The number of ether oxygens (including phenoxy) is 1. The Hall–Kier alpha value is -3.08. The average molecular weight is 338 g/mol. The molecule has 0 atom stereocenters. The zero-order valence-electron chi connectivity index (χ0n) is 14.6. The molecule has 0 spiro atoms. The van der Waals surface area contributed by atoms with E-state index in [1.807, 2.05) is 63.2 Å². The number of aryl methyl sites for hydroxylation is 3. The monoisotopic (exact) mass is 338 g/mol. The highest BCUT2D eigenvalue weighted by atomic mass is 16.5. The van der Waals surface area contributed by atoms with E-state index in [0.29, 0.717) is 5.75 Å². The predicted molar refractivity (Wildman–Crippen MR) is 97.9 cm³/mol. The lowest BCUT2D eigenvalue weighted by Gasteiger charge is -2.11. The normalized spacial score (nSPS) is 10.5. The van der Waals surface area contributed by atoms with E-state index in [9.17, 15) is 9.59 Å². The van der Waals surface area contributed by atoms with Crippen LogP contribution in [0.15, 0.2) is 48.5 Å². The molecule has 0 aliphatic carbocycles. The SMILES string of the molecule is Cc1ccc(/C=C/C(=O)NNC(=O)COc2c(C)cccc2C)cc1. The molecular weight excluding hydrogens is 316 g/mol. The minimum Gasteiger partial charge on any atom is -0.483 e. The Balaban J connectivity index is 1.77. The second kappa shape index (κ2) is 8.68. The van der Waals surface area contributed by atoms with E-state index < -0.39 is 11.8 Å². The molecule has 0 unspecified atom stereocenters. The predicted octanol–water partition coefficient (Wildman–Crippen LogP) is 2.85. The Kier molecular flexibility index (Phi) is 6.34. The first-order valence-corrected chi connectivity index (χ1v) is 7.98. The standard InChI is InChI=1S/C20H22N2O3/c1-14-7-9-17(10-8-14)11-12-18(23)21-22-19(24)13-25-20-15(2)5-4-6-16(20)3/h4-12H,13H2,1-3H3,(H,21,23)(H,22,24)/b12-11+. The Morgan fingerprint density at radius 3 is 2.24 bits per heavy atom. The number of hydrogen-bond acceptors (Lipinski definition) is 3. The number of carbonyl (C=O) groups is 2. The van der Waals surface area contributed by atoms with Gasteiger partial charge in [0.1, 0.15) is 5.75 Å². The summed E-state index contributed by atoms with van der Waals surface area (Å²) in [6.45, 7) is 5.65. The molecule has 0 aliphatic rings. The molecular formula is C20H22N2O3. The van der Waals surface area contributed by atoms with Crippen LogP contribution in [0.2, 0.25) is 0 Å². The van der Waals surface area contributed by atoms with Gasteiger partial charge in [-0.25, -0.2) is 0 Å². The fourth-order valence-electron chi connectivity index (χ4n) is 2.22. The van der Waals surface area contributed by atoms with Crippen LogP contribution in [0.3, 0.4) is 0 Å². The van der Waals surface area contributed by atoms with Gasteiger partial charge in [-0.15, -0.1) is 0 Å². The topological polar surface area (TPSA) is 67.4 Å². The molecule has 0 heterocycles. The highest BCUT2D eigenvalue weighted by Gasteiger charge is 2.07. The van der Waals surface area contributed by atoms with Gasteiger partial charge in [-0.05, 0) is 43.5 Å². The second-order valence-corrected chi connectivity index (χ2v) is 5.79. The fourth-order valence-corrected chi connectivity index (χ4v) is 2.22. The van der Waals surface area contributed by atoms with Gasteiger partial charge in [-0.1, -0.05) is 48.0 Å². The maximum atomic E-state index is 11.8. The van der Waals surface area contributed by atoms with Crippen LogP contribution < -0.4 is 15.6 Å². The summed E-state index contributed by atoms with van der Waals surface area (Å²) in [4.78, 5) is 23.5. The number of amides is 2. The van der Waals surface area contributed by atoms with E-state index in [1.165, 1.54) is 6.08 Å². The highest BCUT2D eigenvalue weighted by Crippen LogP contribution is 2.21. The van der Waals surface area contributed by atoms with Crippen molar-refractivity contribution in [1.82, 2.24) is 10.9 Å². The molecule has 0 aromatic heterocycles. The molecule has 0 saturated heterocycles. The molecule has 5 heteroatoms. The lowest BCUT2D eigenvalue weighted by Crippen LogP contribution is -2.43. The zero-order valence-corrected chi connectivity index (χ0v) is 14.6. The number of carbonyl (C=O) groups excluding carboxylic acids is 2. The molecule has 130 valence electrons. The van der Waals surface area contributed by atoms with Crippen molar-refractivity contribution >= 4 is 17.9 Å². The Morgan fingerprint density at radius 1 is 0.960 bits per heavy atom. The molecule has 2 aromatic carbocycles. The van der Waals surface area contributed by atoms with Gasteiger partial charge < -0.3 is 4.74 Å². The summed E-state index contributed by atoms with van der Waals surface area (Å²) in [5.74, 6) is -0.163. The first-order valence-electron chi connectivity index (χ1n) is 7.98. The second-order valence-electron chi connectivity index (χ2n) is 5.79. The van der Waals surface area contributed by atoms with Crippen LogP contribution in [-0.4, -0.2) is 18.4 Å². The number of benzene rings is 2. The van der Waals surface area contributed by atoms with Crippen molar-refractivity contribution in [3.8, 4) is 5.75 Å². The van der Waals surface area contributed by atoms with Crippen molar-refractivity contribution in [2.24, 2.45) is 0 Å². The molecule has 2 rings (SSSR count).